The van der Waals surface area contributed by atoms with Gasteiger partial charge in [-0.1, -0.05) is 56.7 Å². The fourth-order valence-corrected chi connectivity index (χ4v) is 4.49. The lowest BCUT2D eigenvalue weighted by molar-refractivity contribution is 0.0461. The number of hydrogen-bond acceptors (Lipinski definition) is 5. The molecule has 0 amide bonds. The van der Waals surface area contributed by atoms with E-state index in [1.54, 1.807) is 6.07 Å². The number of fused-ring (bicyclic) bond motifs is 5. The highest BCUT2D eigenvalue weighted by atomic mass is 35.5. The Morgan fingerprint density at radius 3 is 2.52 bits per heavy atom. The molecule has 2 heterocycles. The van der Waals surface area contributed by atoms with Gasteiger partial charge in [0.15, 0.2) is 5.43 Å². The van der Waals surface area contributed by atoms with Crippen LogP contribution in [0, 0.1) is 0 Å². The minimum atomic E-state index is -0.692. The molecule has 0 aliphatic carbocycles. The Kier molecular flexibility index (Phi) is 6.80. The van der Waals surface area contributed by atoms with Crippen molar-refractivity contribution >= 4 is 28.5 Å². The number of carbonyl (C=O) groups is 1. The van der Waals surface area contributed by atoms with Crippen LogP contribution in [0.4, 0.5) is 0 Å². The minimum absolute atomic E-state index is 0.0966. The fraction of sp³-hybridized carbons (Fsp3) is 0.407. The van der Waals surface area contributed by atoms with Crippen LogP contribution >= 0.6 is 11.6 Å². The summed E-state index contributed by atoms with van der Waals surface area (Å²) in [6.07, 6.45) is 6.57. The zero-order valence-corrected chi connectivity index (χ0v) is 20.1. The average Bonchev–Trinajstić information content (AvgIpc) is 2.77. The molecular weight excluding hydrogens is 440 g/mol. The molecule has 0 fully saturated rings. The second-order valence-electron chi connectivity index (χ2n) is 9.00. The zero-order valence-electron chi connectivity index (χ0n) is 19.3. The molecule has 6 heteroatoms. The van der Waals surface area contributed by atoms with Crippen molar-refractivity contribution in [1.82, 2.24) is 0 Å². The lowest BCUT2D eigenvalue weighted by Crippen LogP contribution is -2.30. The molecule has 0 atom stereocenters. The first-order chi connectivity index (χ1) is 15.8. The third-order valence-electron chi connectivity index (χ3n) is 6.06. The van der Waals surface area contributed by atoms with Crippen molar-refractivity contribution in [2.45, 2.75) is 64.9 Å². The van der Waals surface area contributed by atoms with Gasteiger partial charge in [-0.25, -0.2) is 4.79 Å². The van der Waals surface area contributed by atoms with E-state index in [1.165, 1.54) is 25.3 Å². The van der Waals surface area contributed by atoms with Crippen molar-refractivity contribution < 1.29 is 18.7 Å². The number of esters is 1. The summed E-state index contributed by atoms with van der Waals surface area (Å²) in [7, 11) is 0. The van der Waals surface area contributed by atoms with Gasteiger partial charge in [-0.2, -0.15) is 0 Å². The van der Waals surface area contributed by atoms with Crippen molar-refractivity contribution in [1.29, 1.82) is 0 Å². The van der Waals surface area contributed by atoms with Gasteiger partial charge in [-0.15, -0.1) is 0 Å². The summed E-state index contributed by atoms with van der Waals surface area (Å²) in [5, 5.41) is 0.937. The highest BCUT2D eigenvalue weighted by Gasteiger charge is 2.34. The van der Waals surface area contributed by atoms with Crippen molar-refractivity contribution in [2.24, 2.45) is 0 Å². The smallest absolute Gasteiger partial charge is 0.374 e. The van der Waals surface area contributed by atoms with E-state index in [1.807, 2.05) is 38.1 Å². The van der Waals surface area contributed by atoms with Gasteiger partial charge in [0.25, 0.3) is 0 Å². The van der Waals surface area contributed by atoms with Gasteiger partial charge in [0.1, 0.15) is 22.3 Å². The van der Waals surface area contributed by atoms with Crippen LogP contribution in [0.25, 0.3) is 22.1 Å². The number of hydrogen-bond donors (Lipinski definition) is 0. The first-order valence-corrected chi connectivity index (χ1v) is 12.0. The Morgan fingerprint density at radius 2 is 1.73 bits per heavy atom. The molecule has 1 aliphatic heterocycles. The molecule has 0 saturated carbocycles. The van der Waals surface area contributed by atoms with E-state index in [4.69, 9.17) is 25.5 Å². The Bertz CT molecular complexity index is 1240. The van der Waals surface area contributed by atoms with Crippen LogP contribution < -0.4 is 10.2 Å². The lowest BCUT2D eigenvalue weighted by atomic mass is 9.85. The number of unbranched alkanes of at least 4 members (excludes halogenated alkanes) is 5. The number of carbonyl (C=O) groups excluding carboxylic acids is 1. The Balaban J connectivity index is 1.59. The second-order valence-corrected chi connectivity index (χ2v) is 9.43. The van der Waals surface area contributed by atoms with Gasteiger partial charge in [-0.3, -0.25) is 4.79 Å². The third-order valence-corrected chi connectivity index (χ3v) is 6.29. The van der Waals surface area contributed by atoms with E-state index >= 15 is 0 Å². The highest BCUT2D eigenvalue weighted by molar-refractivity contribution is 6.30. The Labute approximate surface area is 198 Å². The van der Waals surface area contributed by atoms with E-state index in [0.717, 1.165) is 36.0 Å². The Hall–Kier alpha value is -2.79. The van der Waals surface area contributed by atoms with E-state index < -0.39 is 11.6 Å². The number of halogens is 1. The molecule has 0 radical (unpaired) electrons. The van der Waals surface area contributed by atoms with Crippen LogP contribution in [0.15, 0.2) is 45.6 Å². The van der Waals surface area contributed by atoms with Crippen LogP contribution in [0.3, 0.4) is 0 Å². The molecule has 0 N–H and O–H groups in total. The molecule has 0 spiro atoms. The largest absolute Gasteiger partial charge is 0.482 e. The third kappa shape index (κ3) is 4.79. The second kappa shape index (κ2) is 9.60. The number of rotatable bonds is 8. The number of benzene rings is 2. The summed E-state index contributed by atoms with van der Waals surface area (Å²) in [6.45, 7) is 6.35. The molecule has 0 saturated heterocycles. The summed E-state index contributed by atoms with van der Waals surface area (Å²) < 4.78 is 17.4. The summed E-state index contributed by atoms with van der Waals surface area (Å²) in [6, 6.07) is 10.4. The van der Waals surface area contributed by atoms with Gasteiger partial charge < -0.3 is 13.9 Å². The van der Waals surface area contributed by atoms with Gasteiger partial charge in [-0.05, 0) is 50.1 Å². The van der Waals surface area contributed by atoms with Crippen LogP contribution in [0.5, 0.6) is 5.75 Å². The molecule has 1 aromatic heterocycles. The van der Waals surface area contributed by atoms with Crippen molar-refractivity contribution in [2.75, 3.05) is 6.61 Å². The fourth-order valence-electron chi connectivity index (χ4n) is 4.32. The van der Waals surface area contributed by atoms with E-state index in [2.05, 4.69) is 6.92 Å². The molecule has 5 nitrogen and oxygen atoms in total. The van der Waals surface area contributed by atoms with Crippen LogP contribution in [-0.4, -0.2) is 12.6 Å². The summed E-state index contributed by atoms with van der Waals surface area (Å²) in [5.41, 5.74) is 1.95. The maximum Gasteiger partial charge on any atom is 0.374 e. The highest BCUT2D eigenvalue weighted by Crippen LogP contribution is 2.48. The normalized spacial score (nSPS) is 13.8. The monoisotopic (exact) mass is 468 g/mol. The summed E-state index contributed by atoms with van der Waals surface area (Å²) >= 11 is 6.21. The minimum Gasteiger partial charge on any atom is -0.482 e. The Morgan fingerprint density at radius 1 is 1.00 bits per heavy atom. The molecule has 2 aromatic carbocycles. The zero-order chi connectivity index (χ0) is 23.6. The van der Waals surface area contributed by atoms with Gasteiger partial charge in [0, 0.05) is 22.2 Å². The lowest BCUT2D eigenvalue weighted by Gasteiger charge is -2.35. The van der Waals surface area contributed by atoms with Crippen molar-refractivity contribution in [3.8, 4) is 16.9 Å². The van der Waals surface area contributed by atoms with Crippen LogP contribution in [0.1, 0.15) is 75.4 Å². The molecule has 174 valence electrons. The first kappa shape index (κ1) is 23.4. The number of ether oxygens (including phenoxy) is 2. The predicted octanol–water partition coefficient (Wildman–Crippen LogP) is 7.26. The molecule has 1 aliphatic rings. The van der Waals surface area contributed by atoms with Crippen LogP contribution in [-0.2, 0) is 10.3 Å². The molecule has 0 unspecified atom stereocenters. The van der Waals surface area contributed by atoms with E-state index in [-0.39, 0.29) is 11.2 Å². The van der Waals surface area contributed by atoms with Gasteiger partial charge in [0.2, 0.25) is 5.76 Å². The molecule has 0 bridgehead atoms. The van der Waals surface area contributed by atoms with Crippen LogP contribution in [0.2, 0.25) is 5.02 Å². The molecule has 3 aromatic rings. The SMILES string of the molecule is CCCCCCCCOC(=O)c1cc(=O)c2c3c(ccc2o1)-c1ccc(Cl)cc1C(C)(C)O3. The van der Waals surface area contributed by atoms with Gasteiger partial charge >= 0.3 is 5.97 Å². The predicted molar refractivity (Wildman–Crippen MR) is 130 cm³/mol. The van der Waals surface area contributed by atoms with Gasteiger partial charge in [0.05, 0.1) is 6.61 Å². The van der Waals surface area contributed by atoms with E-state index in [9.17, 15) is 9.59 Å². The quantitative estimate of drug-likeness (QED) is 0.257. The summed E-state index contributed by atoms with van der Waals surface area (Å²) in [5.74, 6) is -0.268. The first-order valence-electron chi connectivity index (χ1n) is 11.6. The van der Waals surface area contributed by atoms with E-state index in [0.29, 0.717) is 28.3 Å². The summed E-state index contributed by atoms with van der Waals surface area (Å²) in [4.78, 5) is 25.5. The standard InChI is InChI=1S/C27H29ClO5/c1-4-5-6-7-8-9-14-31-26(30)23-16-21(29)24-22(32-23)13-12-19-18-11-10-17(28)15-20(18)27(2,3)33-25(19)24/h10-13,15-16H,4-9,14H2,1-3H3. The maximum atomic E-state index is 13.1. The van der Waals surface area contributed by atoms with Crippen molar-refractivity contribution in [3.63, 3.8) is 0 Å². The molecule has 4 rings (SSSR count). The topological polar surface area (TPSA) is 65.7 Å². The average molecular weight is 469 g/mol. The van der Waals surface area contributed by atoms with Crippen molar-refractivity contribution in [3.05, 3.63) is 63.0 Å². The maximum absolute atomic E-state index is 13.1. The molecule has 33 heavy (non-hydrogen) atoms. The molecular formula is C27H29ClO5.